The van der Waals surface area contributed by atoms with Crippen LogP contribution in [0.2, 0.25) is 15.1 Å². The van der Waals surface area contributed by atoms with Crippen molar-refractivity contribution in [3.05, 3.63) is 74.5 Å². The van der Waals surface area contributed by atoms with E-state index in [1.165, 1.54) is 0 Å². The molecule has 0 radical (unpaired) electrons. The minimum Gasteiger partial charge on any atom is -0.355 e. The number of aromatic nitrogens is 1. The molecule has 1 aliphatic heterocycles. The second kappa shape index (κ2) is 6.41. The highest BCUT2D eigenvalue weighted by Crippen LogP contribution is 2.29. The van der Waals surface area contributed by atoms with Gasteiger partial charge in [0.1, 0.15) is 0 Å². The van der Waals surface area contributed by atoms with Gasteiger partial charge in [-0.1, -0.05) is 34.8 Å². The molecule has 126 valence electrons. The van der Waals surface area contributed by atoms with Gasteiger partial charge in [-0.05, 0) is 54.5 Å². The molecule has 2 heterocycles. The smallest absolute Gasteiger partial charge is 0.259 e. The van der Waals surface area contributed by atoms with Crippen LogP contribution in [0.3, 0.4) is 0 Å². The largest absolute Gasteiger partial charge is 0.355 e. The van der Waals surface area contributed by atoms with Crippen LogP contribution >= 0.6 is 34.8 Å². The first-order chi connectivity index (χ1) is 12.0. The molecule has 0 spiro atoms. The number of halogens is 3. The van der Waals surface area contributed by atoms with Crippen molar-refractivity contribution in [2.75, 3.05) is 6.54 Å². The summed E-state index contributed by atoms with van der Waals surface area (Å²) in [5, 5.41) is 2.64. The molecular weight excluding hydrogens is 379 g/mol. The average molecular weight is 392 g/mol. The first-order valence-electron chi connectivity index (χ1n) is 7.77. The Morgan fingerprint density at radius 3 is 2.60 bits per heavy atom. The van der Waals surface area contributed by atoms with Gasteiger partial charge in [-0.25, -0.2) is 0 Å². The van der Waals surface area contributed by atoms with Crippen LogP contribution in [-0.4, -0.2) is 22.3 Å². The number of aromatic amines is 1. The van der Waals surface area contributed by atoms with E-state index in [0.717, 1.165) is 28.6 Å². The number of amides is 1. The standard InChI is InChI=1S/C19H13Cl3N2O/c20-11-2-4-17-15(9-11)13-5-7-24(8-6-18(13)23-17)19(25)14-3-1-12(21)10-16(14)22/h1-4,6,8-10,23H,5,7H2. The SMILES string of the molecule is O=C(c1ccc(Cl)cc1Cl)N1C=Cc2[nH]c3ccc(Cl)cc3c2CC1. The molecule has 1 aromatic heterocycles. The number of fused-ring (bicyclic) bond motifs is 3. The summed E-state index contributed by atoms with van der Waals surface area (Å²) in [6.45, 7) is 0.556. The number of nitrogens with zero attached hydrogens (tertiary/aromatic N) is 1. The van der Waals surface area contributed by atoms with Crippen molar-refractivity contribution in [3.8, 4) is 0 Å². The normalized spacial score (nSPS) is 13.8. The first-order valence-corrected chi connectivity index (χ1v) is 8.90. The quantitative estimate of drug-likeness (QED) is 0.559. The Labute approximate surface area is 159 Å². The van der Waals surface area contributed by atoms with Gasteiger partial charge in [0.2, 0.25) is 0 Å². The predicted molar refractivity (Wildman–Crippen MR) is 104 cm³/mol. The molecule has 3 nitrogen and oxygen atoms in total. The highest BCUT2D eigenvalue weighted by atomic mass is 35.5. The zero-order chi connectivity index (χ0) is 17.6. The van der Waals surface area contributed by atoms with Crippen molar-refractivity contribution in [2.24, 2.45) is 0 Å². The van der Waals surface area contributed by atoms with Crippen LogP contribution in [-0.2, 0) is 6.42 Å². The summed E-state index contributed by atoms with van der Waals surface area (Å²) < 4.78 is 0. The van der Waals surface area contributed by atoms with E-state index in [4.69, 9.17) is 34.8 Å². The van der Waals surface area contributed by atoms with E-state index in [-0.39, 0.29) is 5.91 Å². The Bertz CT molecular complexity index is 1020. The third-order valence-electron chi connectivity index (χ3n) is 4.35. The van der Waals surface area contributed by atoms with Crippen molar-refractivity contribution < 1.29 is 4.79 Å². The number of hydrogen-bond donors (Lipinski definition) is 1. The van der Waals surface area contributed by atoms with Crippen LogP contribution < -0.4 is 0 Å². The Kier molecular flexibility index (Phi) is 4.24. The molecule has 6 heteroatoms. The second-order valence-electron chi connectivity index (χ2n) is 5.90. The fraction of sp³-hybridized carbons (Fsp3) is 0.105. The molecule has 0 unspecified atom stereocenters. The minimum atomic E-state index is -0.148. The Balaban J connectivity index is 1.67. The van der Waals surface area contributed by atoms with Crippen LogP contribution in [0.15, 0.2) is 42.6 Å². The van der Waals surface area contributed by atoms with Crippen molar-refractivity contribution in [3.63, 3.8) is 0 Å². The van der Waals surface area contributed by atoms with Gasteiger partial charge in [0.15, 0.2) is 0 Å². The van der Waals surface area contributed by atoms with Crippen LogP contribution in [0.5, 0.6) is 0 Å². The zero-order valence-electron chi connectivity index (χ0n) is 13.0. The Hall–Kier alpha value is -1.94. The number of rotatable bonds is 1. The van der Waals surface area contributed by atoms with Gasteiger partial charge in [-0.15, -0.1) is 0 Å². The molecule has 4 rings (SSSR count). The molecule has 3 aromatic rings. The van der Waals surface area contributed by atoms with Crippen molar-refractivity contribution in [1.82, 2.24) is 9.88 Å². The maximum absolute atomic E-state index is 12.8. The van der Waals surface area contributed by atoms with Gasteiger partial charge in [-0.3, -0.25) is 4.79 Å². The van der Waals surface area contributed by atoms with Crippen LogP contribution in [0.1, 0.15) is 21.6 Å². The second-order valence-corrected chi connectivity index (χ2v) is 7.18. The third kappa shape index (κ3) is 3.04. The van der Waals surface area contributed by atoms with E-state index >= 15 is 0 Å². The summed E-state index contributed by atoms with van der Waals surface area (Å²) >= 11 is 18.2. The fourth-order valence-electron chi connectivity index (χ4n) is 3.11. The number of nitrogens with one attached hydrogen (secondary N) is 1. The molecule has 0 bridgehead atoms. The van der Waals surface area contributed by atoms with E-state index in [2.05, 4.69) is 4.98 Å². The highest BCUT2D eigenvalue weighted by molar-refractivity contribution is 6.36. The minimum absolute atomic E-state index is 0.148. The zero-order valence-corrected chi connectivity index (χ0v) is 15.3. The number of hydrogen-bond acceptors (Lipinski definition) is 1. The average Bonchev–Trinajstić information content (AvgIpc) is 2.78. The topological polar surface area (TPSA) is 36.1 Å². The van der Waals surface area contributed by atoms with E-state index in [1.807, 2.05) is 24.3 Å². The molecular formula is C19H13Cl3N2O. The Morgan fingerprint density at radius 2 is 1.80 bits per heavy atom. The van der Waals surface area contributed by atoms with E-state index in [0.29, 0.717) is 27.2 Å². The molecule has 0 fully saturated rings. The molecule has 0 aliphatic carbocycles. The number of carbonyl (C=O) groups is 1. The lowest BCUT2D eigenvalue weighted by atomic mass is 10.1. The van der Waals surface area contributed by atoms with Crippen LogP contribution in [0.25, 0.3) is 17.0 Å². The number of H-pyrrole nitrogens is 1. The summed E-state index contributed by atoms with van der Waals surface area (Å²) in [5.41, 5.74) is 3.63. The van der Waals surface area contributed by atoms with Gasteiger partial charge in [0.25, 0.3) is 5.91 Å². The lowest BCUT2D eigenvalue weighted by Crippen LogP contribution is -2.27. The van der Waals surface area contributed by atoms with Crippen molar-refractivity contribution >= 4 is 57.7 Å². The summed E-state index contributed by atoms with van der Waals surface area (Å²) in [6, 6.07) is 10.7. The van der Waals surface area contributed by atoms with E-state index < -0.39 is 0 Å². The third-order valence-corrected chi connectivity index (χ3v) is 5.13. The van der Waals surface area contributed by atoms with Gasteiger partial charge in [-0.2, -0.15) is 0 Å². The van der Waals surface area contributed by atoms with Crippen LogP contribution in [0.4, 0.5) is 0 Å². The molecule has 25 heavy (non-hydrogen) atoms. The molecule has 1 amide bonds. The monoisotopic (exact) mass is 390 g/mol. The highest BCUT2D eigenvalue weighted by Gasteiger charge is 2.21. The first kappa shape index (κ1) is 16.5. The molecule has 1 aliphatic rings. The molecule has 0 saturated carbocycles. The Morgan fingerprint density at radius 1 is 1.04 bits per heavy atom. The van der Waals surface area contributed by atoms with Crippen molar-refractivity contribution in [1.29, 1.82) is 0 Å². The summed E-state index contributed by atoms with van der Waals surface area (Å²) in [5.74, 6) is -0.148. The van der Waals surface area contributed by atoms with E-state index in [1.54, 1.807) is 29.3 Å². The maximum Gasteiger partial charge on any atom is 0.259 e. The van der Waals surface area contributed by atoms with Gasteiger partial charge in [0.05, 0.1) is 10.6 Å². The van der Waals surface area contributed by atoms with Crippen LogP contribution in [0, 0.1) is 0 Å². The van der Waals surface area contributed by atoms with E-state index in [9.17, 15) is 4.79 Å². The molecule has 0 atom stereocenters. The van der Waals surface area contributed by atoms with Gasteiger partial charge >= 0.3 is 0 Å². The number of carbonyl (C=O) groups excluding carboxylic acids is 1. The summed E-state index contributed by atoms with van der Waals surface area (Å²) in [7, 11) is 0. The maximum atomic E-state index is 12.8. The molecule has 1 N–H and O–H groups in total. The lowest BCUT2D eigenvalue weighted by Gasteiger charge is -2.17. The van der Waals surface area contributed by atoms with Crippen molar-refractivity contribution in [2.45, 2.75) is 6.42 Å². The number of benzene rings is 2. The molecule has 0 saturated heterocycles. The lowest BCUT2D eigenvalue weighted by molar-refractivity contribution is 0.0825. The van der Waals surface area contributed by atoms with Gasteiger partial charge in [0, 0.05) is 39.4 Å². The fourth-order valence-corrected chi connectivity index (χ4v) is 3.77. The molecule has 2 aromatic carbocycles. The van der Waals surface area contributed by atoms with Gasteiger partial charge < -0.3 is 9.88 Å². The summed E-state index contributed by atoms with van der Waals surface area (Å²) in [4.78, 5) is 17.8. The predicted octanol–water partition coefficient (Wildman–Crippen LogP) is 5.80. The summed E-state index contributed by atoms with van der Waals surface area (Å²) in [6.07, 6.45) is 4.42.